The minimum absolute atomic E-state index is 0.0128. The molecule has 2 heterocycles. The average molecular weight is 426 g/mol. The van der Waals surface area contributed by atoms with Crippen LogP contribution in [-0.4, -0.2) is 66.8 Å². The predicted molar refractivity (Wildman–Crippen MR) is 107 cm³/mol. The van der Waals surface area contributed by atoms with Gasteiger partial charge in [-0.25, -0.2) is 0 Å². The Labute approximate surface area is 180 Å². The minimum atomic E-state index is -0.867. The molecule has 164 valence electrons. The van der Waals surface area contributed by atoms with Crippen molar-refractivity contribution in [1.82, 2.24) is 10.4 Å². The number of hydrogen-bond acceptors (Lipinski definition) is 9. The van der Waals surface area contributed by atoms with Crippen molar-refractivity contribution in [1.29, 1.82) is 5.26 Å². The first kappa shape index (κ1) is 20.5. The van der Waals surface area contributed by atoms with Crippen molar-refractivity contribution in [2.75, 3.05) is 20.7 Å². The number of nitrogens with one attached hydrogen (secondary N) is 1. The van der Waals surface area contributed by atoms with Crippen LogP contribution in [0.2, 0.25) is 0 Å². The second-order valence-electron chi connectivity index (χ2n) is 8.97. The lowest BCUT2D eigenvalue weighted by molar-refractivity contribution is -0.123. The highest BCUT2D eigenvalue weighted by atomic mass is 16.5. The molecule has 5 rings (SSSR count). The number of hydrogen-bond donors (Lipinski definition) is 3. The van der Waals surface area contributed by atoms with Crippen molar-refractivity contribution >= 4 is 11.6 Å². The molecule has 2 aliphatic heterocycles. The van der Waals surface area contributed by atoms with E-state index in [0.717, 1.165) is 5.57 Å². The summed E-state index contributed by atoms with van der Waals surface area (Å²) < 4.78 is 11.5. The highest BCUT2D eigenvalue weighted by Gasteiger charge is 2.66. The molecule has 31 heavy (non-hydrogen) atoms. The van der Waals surface area contributed by atoms with Gasteiger partial charge in [-0.15, -0.1) is 0 Å². The Bertz CT molecular complexity index is 1010. The number of nitrogens with two attached hydrogens (primary N) is 1. The third kappa shape index (κ3) is 2.42. The highest BCUT2D eigenvalue weighted by molar-refractivity contribution is 6.25. The number of ketones is 2. The molecule has 5 aliphatic rings. The van der Waals surface area contributed by atoms with Gasteiger partial charge in [-0.05, 0) is 32.9 Å². The number of Topliss-reactive ketones (excluding diaryl/α,β-unsaturated/α-hetero) is 2. The zero-order valence-electron chi connectivity index (χ0n) is 17.7. The summed E-state index contributed by atoms with van der Waals surface area (Å²) in [5, 5.41) is 20.3. The summed E-state index contributed by atoms with van der Waals surface area (Å²) in [5.41, 5.74) is 10.0. The highest BCUT2D eigenvalue weighted by Crippen LogP contribution is 2.59. The zero-order chi connectivity index (χ0) is 22.2. The molecule has 0 aromatic rings. The van der Waals surface area contributed by atoms with Gasteiger partial charge in [-0.2, -0.15) is 10.7 Å². The predicted octanol–water partition coefficient (Wildman–Crippen LogP) is 0.0323. The SMILES string of the molecule is COC1=C(C)C(=O)C2=C(C1=O)C(NO)C1C(C#N)C3OC4C=C(CCN)C2C1C4N3C. The van der Waals surface area contributed by atoms with Crippen LogP contribution >= 0.6 is 0 Å². The Hall–Kier alpha value is -2.35. The molecule has 8 atom stereocenters. The molecule has 9 nitrogen and oxygen atoms in total. The number of rotatable bonds is 4. The lowest BCUT2D eigenvalue weighted by Gasteiger charge is -2.55. The number of nitriles is 1. The fourth-order valence-corrected chi connectivity index (χ4v) is 6.76. The number of piperidine rings is 1. The molecule has 3 aliphatic carbocycles. The van der Waals surface area contributed by atoms with Crippen LogP contribution in [0.3, 0.4) is 0 Å². The number of fused-ring (bicyclic) bond motifs is 2. The molecule has 8 unspecified atom stereocenters. The zero-order valence-corrected chi connectivity index (χ0v) is 17.7. The van der Waals surface area contributed by atoms with Crippen LogP contribution in [-0.2, 0) is 19.1 Å². The standard InChI is InChI=1S/C22H26N4O5/c1-8-19(27)15-12-9(4-5-23)6-11-18-14(12)13(10(7-24)22(31-11)26(18)2)17(25-29)16(15)20(28)21(8)30-3/h6,10-14,17-18,22,25,29H,4-5,23H2,1-3H3. The van der Waals surface area contributed by atoms with Crippen LogP contribution in [0, 0.1) is 35.0 Å². The van der Waals surface area contributed by atoms with E-state index in [1.165, 1.54) is 7.11 Å². The maximum absolute atomic E-state index is 13.6. The van der Waals surface area contributed by atoms with Gasteiger partial charge in [0.25, 0.3) is 0 Å². The molecule has 4 N–H and O–H groups in total. The van der Waals surface area contributed by atoms with Crippen molar-refractivity contribution in [3.63, 3.8) is 0 Å². The quantitative estimate of drug-likeness (QED) is 0.323. The third-order valence-electron chi connectivity index (χ3n) is 7.83. The first-order valence-electron chi connectivity index (χ1n) is 10.6. The first-order valence-corrected chi connectivity index (χ1v) is 10.6. The normalized spacial score (nSPS) is 41.2. The molecular formula is C22H26N4O5. The van der Waals surface area contributed by atoms with E-state index in [0.29, 0.717) is 18.5 Å². The number of methoxy groups -OCH3 is 1. The monoisotopic (exact) mass is 426 g/mol. The van der Waals surface area contributed by atoms with E-state index in [4.69, 9.17) is 15.2 Å². The average Bonchev–Trinajstić information content (AvgIpc) is 3.02. The third-order valence-corrected chi connectivity index (χ3v) is 7.83. The first-order chi connectivity index (χ1) is 14.9. The molecule has 2 saturated heterocycles. The van der Waals surface area contributed by atoms with Gasteiger partial charge >= 0.3 is 0 Å². The Morgan fingerprint density at radius 3 is 2.68 bits per heavy atom. The van der Waals surface area contributed by atoms with Gasteiger partial charge in [-0.3, -0.25) is 14.5 Å². The molecule has 0 spiro atoms. The van der Waals surface area contributed by atoms with Crippen LogP contribution in [0.1, 0.15) is 13.3 Å². The smallest absolute Gasteiger partial charge is 0.226 e. The van der Waals surface area contributed by atoms with Crippen LogP contribution in [0.4, 0.5) is 0 Å². The fraction of sp³-hybridized carbons (Fsp3) is 0.591. The molecular weight excluding hydrogens is 400 g/mol. The Morgan fingerprint density at radius 2 is 2.06 bits per heavy atom. The second-order valence-corrected chi connectivity index (χ2v) is 8.97. The van der Waals surface area contributed by atoms with Crippen molar-refractivity contribution in [2.45, 2.75) is 37.8 Å². The van der Waals surface area contributed by atoms with Crippen LogP contribution in [0.25, 0.3) is 0 Å². The number of ether oxygens (including phenoxy) is 2. The Morgan fingerprint density at radius 1 is 1.32 bits per heavy atom. The van der Waals surface area contributed by atoms with Crippen molar-refractivity contribution in [2.24, 2.45) is 29.4 Å². The van der Waals surface area contributed by atoms with E-state index in [1.54, 1.807) is 6.92 Å². The molecule has 0 aromatic heterocycles. The van der Waals surface area contributed by atoms with Gasteiger partial charge in [0, 0.05) is 34.6 Å². The minimum Gasteiger partial charge on any atom is -0.492 e. The summed E-state index contributed by atoms with van der Waals surface area (Å²) in [5.74, 6) is -2.23. The van der Waals surface area contributed by atoms with Crippen molar-refractivity contribution in [3.8, 4) is 6.07 Å². The van der Waals surface area contributed by atoms with E-state index < -0.39 is 29.9 Å². The van der Waals surface area contributed by atoms with Gasteiger partial charge in [0.15, 0.2) is 11.5 Å². The molecule has 0 radical (unpaired) electrons. The second kappa shape index (κ2) is 7.08. The van der Waals surface area contributed by atoms with Crippen molar-refractivity contribution in [3.05, 3.63) is 34.1 Å². The van der Waals surface area contributed by atoms with Crippen molar-refractivity contribution < 1.29 is 24.3 Å². The van der Waals surface area contributed by atoms with Crippen LogP contribution in [0.15, 0.2) is 34.1 Å². The number of carbonyl (C=O) groups is 2. The summed E-state index contributed by atoms with van der Waals surface area (Å²) in [6, 6.07) is 1.44. The van der Waals surface area contributed by atoms with E-state index >= 15 is 0 Å². The molecule has 0 saturated carbocycles. The molecule has 2 fully saturated rings. The number of allylic oxidation sites excluding steroid dienone is 3. The number of hydroxylamine groups is 1. The lowest BCUT2D eigenvalue weighted by atomic mass is 9.52. The fourth-order valence-electron chi connectivity index (χ4n) is 6.76. The van der Waals surface area contributed by atoms with E-state index in [-0.39, 0.29) is 46.7 Å². The molecule has 9 heteroatoms. The van der Waals surface area contributed by atoms with Crippen LogP contribution < -0.4 is 11.2 Å². The summed E-state index contributed by atoms with van der Waals surface area (Å²) in [4.78, 5) is 29.1. The number of likely N-dealkylation sites (N-methyl/N-ethyl adjacent to an activating group) is 1. The molecule has 2 bridgehead atoms. The molecule has 0 aromatic carbocycles. The van der Waals surface area contributed by atoms with E-state index in [2.05, 4.69) is 16.4 Å². The largest absolute Gasteiger partial charge is 0.492 e. The number of carbonyl (C=O) groups excluding carboxylic acids is 2. The topological polar surface area (TPSA) is 138 Å². The summed E-state index contributed by atoms with van der Waals surface area (Å²) in [6.07, 6.45) is 1.91. The number of nitrogens with zero attached hydrogens (tertiary/aromatic N) is 2. The van der Waals surface area contributed by atoms with Gasteiger partial charge in [-0.1, -0.05) is 11.6 Å². The van der Waals surface area contributed by atoms with Gasteiger partial charge in [0.1, 0.15) is 6.23 Å². The Balaban J connectivity index is 1.80. The summed E-state index contributed by atoms with van der Waals surface area (Å²) >= 11 is 0. The molecule has 0 amide bonds. The maximum Gasteiger partial charge on any atom is 0.226 e. The maximum atomic E-state index is 13.6. The van der Waals surface area contributed by atoms with E-state index in [9.17, 15) is 20.1 Å². The summed E-state index contributed by atoms with van der Waals surface area (Å²) in [6.45, 7) is 1.98. The van der Waals surface area contributed by atoms with Gasteiger partial charge in [0.2, 0.25) is 5.78 Å². The van der Waals surface area contributed by atoms with Crippen LogP contribution in [0.5, 0.6) is 0 Å². The van der Waals surface area contributed by atoms with E-state index in [1.807, 2.05) is 13.1 Å². The Kier molecular flexibility index (Phi) is 4.70. The van der Waals surface area contributed by atoms with Gasteiger partial charge < -0.3 is 20.4 Å². The lowest BCUT2D eigenvalue weighted by Crippen LogP contribution is -2.65. The van der Waals surface area contributed by atoms with Gasteiger partial charge in [0.05, 0.1) is 31.2 Å². The summed E-state index contributed by atoms with van der Waals surface area (Å²) in [7, 11) is 3.29.